The highest BCUT2D eigenvalue weighted by Gasteiger charge is 2.19. The number of aromatic nitrogens is 4. The van der Waals surface area contributed by atoms with E-state index in [-0.39, 0.29) is 11.6 Å². The Kier molecular flexibility index (Phi) is 3.72. The quantitative estimate of drug-likeness (QED) is 0.556. The van der Waals surface area contributed by atoms with E-state index < -0.39 is 0 Å². The minimum Gasteiger partial charge on any atom is -0.268 e. The maximum atomic E-state index is 12.1. The predicted octanol–water partition coefficient (Wildman–Crippen LogP) is 4.33. The maximum absolute atomic E-state index is 12.1. The van der Waals surface area contributed by atoms with Gasteiger partial charge in [-0.05, 0) is 43.9 Å². The maximum Gasteiger partial charge on any atom is 0.267 e. The third kappa shape index (κ3) is 2.44. The van der Waals surface area contributed by atoms with Gasteiger partial charge in [-0.2, -0.15) is 10.2 Å². The van der Waals surface area contributed by atoms with E-state index in [4.69, 9.17) is 5.10 Å². The van der Waals surface area contributed by atoms with E-state index in [1.54, 1.807) is 12.1 Å². The first-order valence-electron chi connectivity index (χ1n) is 8.63. The molecule has 0 N–H and O–H groups in total. The molecule has 4 rings (SSSR count). The summed E-state index contributed by atoms with van der Waals surface area (Å²) < 4.78 is 3.38. The summed E-state index contributed by atoms with van der Waals surface area (Å²) in [5.74, 6) is 0. The summed E-state index contributed by atoms with van der Waals surface area (Å²) in [6.07, 6.45) is 1.95. The summed E-state index contributed by atoms with van der Waals surface area (Å²) in [5.41, 5.74) is 4.15. The van der Waals surface area contributed by atoms with Gasteiger partial charge in [-0.15, -0.1) is 0 Å². The van der Waals surface area contributed by atoms with Gasteiger partial charge in [0, 0.05) is 17.6 Å². The van der Waals surface area contributed by atoms with Gasteiger partial charge < -0.3 is 0 Å². The summed E-state index contributed by atoms with van der Waals surface area (Å²) in [4.78, 5) is 12.1. The van der Waals surface area contributed by atoms with Crippen molar-refractivity contribution in [1.82, 2.24) is 19.4 Å². The number of fused-ring (bicyclic) bond motifs is 3. The zero-order valence-electron chi connectivity index (χ0n) is 15.1. The first kappa shape index (κ1) is 16.3. The Labute approximate surface area is 151 Å². The van der Waals surface area contributed by atoms with E-state index in [0.717, 1.165) is 38.8 Å². The molecule has 5 nitrogen and oxygen atoms in total. The molecule has 0 spiro atoms. The zero-order chi connectivity index (χ0) is 18.4. The molecule has 0 aliphatic rings. The van der Waals surface area contributed by atoms with Crippen molar-refractivity contribution in [2.45, 2.75) is 26.8 Å². The largest absolute Gasteiger partial charge is 0.268 e. The highest BCUT2D eigenvalue weighted by molar-refractivity contribution is 6.04. The van der Waals surface area contributed by atoms with E-state index in [0.29, 0.717) is 0 Å². The van der Waals surface area contributed by atoms with E-state index in [1.807, 2.05) is 49.7 Å². The SMILES string of the molecule is C=C(C)c1nn2ccc3ccccc3c2c1-c1ccc(=O)n(C(C)C)n1. The van der Waals surface area contributed by atoms with Crippen molar-refractivity contribution in [3.05, 3.63) is 71.3 Å². The Hall–Kier alpha value is -3.21. The van der Waals surface area contributed by atoms with Crippen LogP contribution in [0.25, 0.3) is 33.1 Å². The monoisotopic (exact) mass is 344 g/mol. The van der Waals surface area contributed by atoms with Crippen molar-refractivity contribution >= 4 is 21.9 Å². The molecule has 0 radical (unpaired) electrons. The molecule has 0 amide bonds. The predicted molar refractivity (Wildman–Crippen MR) is 105 cm³/mol. The molecule has 0 saturated carbocycles. The van der Waals surface area contributed by atoms with Gasteiger partial charge in [-0.1, -0.05) is 30.8 Å². The fraction of sp³-hybridized carbons (Fsp3) is 0.190. The molecular formula is C21H20N4O. The Morgan fingerprint density at radius 3 is 2.58 bits per heavy atom. The van der Waals surface area contributed by atoms with Crippen LogP contribution in [0.2, 0.25) is 0 Å². The smallest absolute Gasteiger partial charge is 0.267 e. The van der Waals surface area contributed by atoms with Crippen LogP contribution in [0.5, 0.6) is 0 Å². The minimum atomic E-state index is -0.109. The molecule has 0 aliphatic heterocycles. The van der Waals surface area contributed by atoms with Gasteiger partial charge in [0.15, 0.2) is 0 Å². The first-order valence-corrected chi connectivity index (χ1v) is 8.63. The Bertz CT molecular complexity index is 1210. The molecule has 4 aromatic rings. The third-order valence-corrected chi connectivity index (χ3v) is 4.50. The molecule has 0 saturated heterocycles. The van der Waals surface area contributed by atoms with Crippen molar-refractivity contribution in [2.24, 2.45) is 0 Å². The van der Waals surface area contributed by atoms with E-state index in [2.05, 4.69) is 23.8 Å². The van der Waals surface area contributed by atoms with Crippen molar-refractivity contribution in [1.29, 1.82) is 0 Å². The lowest BCUT2D eigenvalue weighted by Gasteiger charge is -2.11. The molecule has 26 heavy (non-hydrogen) atoms. The Morgan fingerprint density at radius 2 is 1.85 bits per heavy atom. The van der Waals surface area contributed by atoms with Crippen molar-refractivity contribution in [3.8, 4) is 11.3 Å². The van der Waals surface area contributed by atoms with Gasteiger partial charge in [0.05, 0.1) is 28.5 Å². The normalized spacial score (nSPS) is 11.5. The molecule has 1 aromatic carbocycles. The summed E-state index contributed by atoms with van der Waals surface area (Å²) in [7, 11) is 0. The van der Waals surface area contributed by atoms with Crippen LogP contribution in [0.1, 0.15) is 32.5 Å². The van der Waals surface area contributed by atoms with Crippen LogP contribution in [0.3, 0.4) is 0 Å². The number of hydrogen-bond acceptors (Lipinski definition) is 3. The van der Waals surface area contributed by atoms with Crippen LogP contribution < -0.4 is 5.56 Å². The number of rotatable bonds is 3. The standard InChI is InChI=1S/C21H20N4O/c1-13(2)20-19(17-9-10-18(26)25(22-17)14(3)4)21-16-8-6-5-7-15(16)11-12-24(21)23-20/h5-12,14H,1H2,2-4H3. The van der Waals surface area contributed by atoms with Crippen LogP contribution in [0, 0.1) is 0 Å². The van der Waals surface area contributed by atoms with Crippen LogP contribution in [-0.4, -0.2) is 19.4 Å². The highest BCUT2D eigenvalue weighted by Crippen LogP contribution is 2.34. The second-order valence-corrected chi connectivity index (χ2v) is 6.80. The number of allylic oxidation sites excluding steroid dienone is 1. The lowest BCUT2D eigenvalue weighted by atomic mass is 10.0. The molecule has 0 fully saturated rings. The summed E-state index contributed by atoms with van der Waals surface area (Å²) in [6, 6.07) is 13.6. The van der Waals surface area contributed by atoms with Crippen LogP contribution in [-0.2, 0) is 0 Å². The van der Waals surface area contributed by atoms with Gasteiger partial charge in [-0.3, -0.25) is 4.79 Å². The van der Waals surface area contributed by atoms with Gasteiger partial charge in [0.25, 0.3) is 5.56 Å². The van der Waals surface area contributed by atoms with Crippen molar-refractivity contribution in [3.63, 3.8) is 0 Å². The molecule has 0 bridgehead atoms. The number of hydrogen-bond donors (Lipinski definition) is 0. The molecule has 5 heteroatoms. The highest BCUT2D eigenvalue weighted by atomic mass is 16.1. The topological polar surface area (TPSA) is 52.2 Å². The molecule has 3 heterocycles. The van der Waals surface area contributed by atoms with Gasteiger partial charge >= 0.3 is 0 Å². The van der Waals surface area contributed by atoms with Crippen molar-refractivity contribution in [2.75, 3.05) is 0 Å². The van der Waals surface area contributed by atoms with Crippen molar-refractivity contribution < 1.29 is 0 Å². The molecule has 0 unspecified atom stereocenters. The lowest BCUT2D eigenvalue weighted by molar-refractivity contribution is 0.505. The van der Waals surface area contributed by atoms with Crippen LogP contribution in [0.4, 0.5) is 0 Å². The zero-order valence-corrected chi connectivity index (χ0v) is 15.1. The Balaban J connectivity index is 2.16. The summed E-state index contributed by atoms with van der Waals surface area (Å²) in [5, 5.41) is 11.6. The second-order valence-electron chi connectivity index (χ2n) is 6.80. The summed E-state index contributed by atoms with van der Waals surface area (Å²) in [6.45, 7) is 9.92. The van der Waals surface area contributed by atoms with E-state index in [9.17, 15) is 4.79 Å². The first-order chi connectivity index (χ1) is 12.5. The lowest BCUT2D eigenvalue weighted by Crippen LogP contribution is -2.23. The van der Waals surface area contributed by atoms with Gasteiger partial charge in [-0.25, -0.2) is 9.20 Å². The molecule has 0 atom stereocenters. The number of nitrogens with zero attached hydrogens (tertiary/aromatic N) is 4. The van der Waals surface area contributed by atoms with Gasteiger partial charge in [0.1, 0.15) is 0 Å². The fourth-order valence-electron chi connectivity index (χ4n) is 3.28. The van der Waals surface area contributed by atoms with E-state index in [1.165, 1.54) is 4.68 Å². The van der Waals surface area contributed by atoms with Crippen LogP contribution >= 0.6 is 0 Å². The average Bonchev–Trinajstić information content (AvgIpc) is 3.02. The average molecular weight is 344 g/mol. The summed E-state index contributed by atoms with van der Waals surface area (Å²) >= 11 is 0. The second kappa shape index (κ2) is 5.95. The van der Waals surface area contributed by atoms with Gasteiger partial charge in [0.2, 0.25) is 0 Å². The molecular weight excluding hydrogens is 324 g/mol. The number of benzene rings is 1. The third-order valence-electron chi connectivity index (χ3n) is 4.50. The minimum absolute atomic E-state index is 0.0192. The number of pyridine rings is 1. The molecule has 3 aromatic heterocycles. The molecule has 0 aliphatic carbocycles. The Morgan fingerprint density at radius 1 is 1.08 bits per heavy atom. The van der Waals surface area contributed by atoms with E-state index >= 15 is 0 Å². The molecule has 130 valence electrons. The van der Waals surface area contributed by atoms with Crippen LogP contribution in [0.15, 0.2) is 60.0 Å². The fourth-order valence-corrected chi connectivity index (χ4v) is 3.28.